The summed E-state index contributed by atoms with van der Waals surface area (Å²) in [6.45, 7) is 7.11. The number of unbranched alkanes of at least 4 members (excludes halogenated alkanes) is 1. The Morgan fingerprint density at radius 3 is 2.81 bits per heavy atom. The van der Waals surface area contributed by atoms with Gasteiger partial charge in [-0.2, -0.15) is 0 Å². The molecule has 4 heteroatoms. The Hall–Kier alpha value is -0.770. The van der Waals surface area contributed by atoms with Gasteiger partial charge in [-0.15, -0.1) is 0 Å². The van der Waals surface area contributed by atoms with Crippen LogP contribution in [0.5, 0.6) is 0 Å². The van der Waals surface area contributed by atoms with Gasteiger partial charge in [0, 0.05) is 19.6 Å². The van der Waals surface area contributed by atoms with Gasteiger partial charge in [-0.3, -0.25) is 0 Å². The molecule has 2 amide bonds. The van der Waals surface area contributed by atoms with Crippen molar-refractivity contribution in [3.63, 3.8) is 0 Å². The van der Waals surface area contributed by atoms with Gasteiger partial charge in [-0.05, 0) is 45.2 Å². The van der Waals surface area contributed by atoms with Crippen molar-refractivity contribution < 1.29 is 4.79 Å². The molecule has 0 bridgehead atoms. The molecule has 0 spiro atoms. The lowest BCUT2D eigenvalue weighted by molar-refractivity contribution is 0.240. The summed E-state index contributed by atoms with van der Waals surface area (Å²) in [6, 6.07) is -0.0312. The van der Waals surface area contributed by atoms with E-state index in [-0.39, 0.29) is 6.03 Å². The second kappa shape index (κ2) is 8.39. The van der Waals surface area contributed by atoms with Crippen LogP contribution < -0.4 is 10.6 Å². The van der Waals surface area contributed by atoms with E-state index in [4.69, 9.17) is 0 Å². The van der Waals surface area contributed by atoms with E-state index >= 15 is 0 Å². The summed E-state index contributed by atoms with van der Waals surface area (Å²) in [4.78, 5) is 13.6. The maximum absolute atomic E-state index is 11.2. The van der Waals surface area contributed by atoms with E-state index in [1.54, 1.807) is 0 Å². The van der Waals surface area contributed by atoms with Crippen LogP contribution in [0.25, 0.3) is 0 Å². The lowest BCUT2D eigenvalue weighted by Crippen LogP contribution is -2.36. The molecule has 1 radical (unpaired) electrons. The van der Waals surface area contributed by atoms with Gasteiger partial charge < -0.3 is 15.5 Å². The molecular formula is C12H24N3O. The summed E-state index contributed by atoms with van der Waals surface area (Å²) < 4.78 is 0. The number of rotatable bonds is 7. The van der Waals surface area contributed by atoms with Crippen LogP contribution >= 0.6 is 0 Å². The first-order valence-corrected chi connectivity index (χ1v) is 6.38. The van der Waals surface area contributed by atoms with Crippen LogP contribution in [0.15, 0.2) is 0 Å². The highest BCUT2D eigenvalue weighted by Crippen LogP contribution is 2.06. The zero-order valence-electron chi connectivity index (χ0n) is 10.3. The van der Waals surface area contributed by atoms with E-state index in [9.17, 15) is 4.79 Å². The van der Waals surface area contributed by atoms with Crippen molar-refractivity contribution in [2.24, 2.45) is 0 Å². The molecule has 4 nitrogen and oxygen atoms in total. The molecule has 0 aromatic heterocycles. The lowest BCUT2D eigenvalue weighted by Gasteiger charge is -2.14. The number of amides is 2. The van der Waals surface area contributed by atoms with Crippen LogP contribution in [-0.2, 0) is 0 Å². The number of hydrogen-bond acceptors (Lipinski definition) is 2. The quantitative estimate of drug-likeness (QED) is 0.644. The molecule has 1 aliphatic rings. The van der Waals surface area contributed by atoms with Crippen molar-refractivity contribution >= 4 is 6.03 Å². The Labute approximate surface area is 98.8 Å². The first kappa shape index (κ1) is 13.3. The fourth-order valence-electron chi connectivity index (χ4n) is 1.81. The molecular weight excluding hydrogens is 202 g/mol. The molecule has 1 aliphatic heterocycles. The van der Waals surface area contributed by atoms with Crippen molar-refractivity contribution in [3.8, 4) is 0 Å². The second-order valence-electron chi connectivity index (χ2n) is 4.27. The first-order chi connectivity index (χ1) is 7.83. The molecule has 16 heavy (non-hydrogen) atoms. The summed E-state index contributed by atoms with van der Waals surface area (Å²) in [5.41, 5.74) is 0. The lowest BCUT2D eigenvalue weighted by atomic mass is 10.3. The number of hydrogen-bond donors (Lipinski definition) is 2. The average molecular weight is 226 g/mol. The predicted octanol–water partition coefficient (Wildman–Crippen LogP) is 1.39. The molecule has 0 aliphatic carbocycles. The van der Waals surface area contributed by atoms with Crippen molar-refractivity contribution in [1.29, 1.82) is 0 Å². The van der Waals surface area contributed by atoms with Gasteiger partial charge >= 0.3 is 6.03 Å². The van der Waals surface area contributed by atoms with Gasteiger partial charge in [0.2, 0.25) is 0 Å². The summed E-state index contributed by atoms with van der Waals surface area (Å²) in [5, 5.41) is 5.67. The fourth-order valence-corrected chi connectivity index (χ4v) is 1.81. The number of likely N-dealkylation sites (tertiary alicyclic amines) is 1. The third-order valence-corrected chi connectivity index (χ3v) is 2.76. The molecule has 0 aromatic rings. The van der Waals surface area contributed by atoms with Crippen LogP contribution in [-0.4, -0.2) is 43.7 Å². The zero-order chi connectivity index (χ0) is 11.6. The molecule has 93 valence electrons. The number of carbonyl (C=O) groups excluding carboxylic acids is 1. The van der Waals surface area contributed by atoms with Crippen LogP contribution in [0.1, 0.15) is 32.6 Å². The minimum Gasteiger partial charge on any atom is -0.338 e. The van der Waals surface area contributed by atoms with Gasteiger partial charge in [-0.1, -0.05) is 6.92 Å². The highest BCUT2D eigenvalue weighted by Gasteiger charge is 2.10. The standard InChI is InChI=1S/C12H24N3O/c1-2-7-13-12(16)14-8-3-4-9-15-10-5-6-11-15/h5H,2-4,6-11H2,1H3,(H2,13,14,16). The summed E-state index contributed by atoms with van der Waals surface area (Å²) in [7, 11) is 0. The molecule has 0 atom stereocenters. The van der Waals surface area contributed by atoms with E-state index in [0.29, 0.717) is 0 Å². The highest BCUT2D eigenvalue weighted by molar-refractivity contribution is 5.73. The predicted molar refractivity (Wildman–Crippen MR) is 66.3 cm³/mol. The third kappa shape index (κ3) is 5.95. The second-order valence-corrected chi connectivity index (χ2v) is 4.27. The van der Waals surface area contributed by atoms with Crippen molar-refractivity contribution in [1.82, 2.24) is 15.5 Å². The van der Waals surface area contributed by atoms with Gasteiger partial charge in [-0.25, -0.2) is 4.79 Å². The minimum absolute atomic E-state index is 0.0312. The number of urea groups is 1. The first-order valence-electron chi connectivity index (χ1n) is 6.38. The van der Waals surface area contributed by atoms with Crippen LogP contribution in [0, 0.1) is 6.42 Å². The zero-order valence-corrected chi connectivity index (χ0v) is 10.3. The normalized spacial score (nSPS) is 16.3. The molecule has 0 aromatic carbocycles. The number of nitrogens with one attached hydrogen (secondary N) is 2. The molecule has 1 saturated heterocycles. The van der Waals surface area contributed by atoms with E-state index in [0.717, 1.165) is 39.0 Å². The van der Waals surface area contributed by atoms with Crippen LogP contribution in [0.4, 0.5) is 4.79 Å². The average Bonchev–Trinajstić information content (AvgIpc) is 2.79. The van der Waals surface area contributed by atoms with Crippen LogP contribution in [0.2, 0.25) is 0 Å². The van der Waals surface area contributed by atoms with Crippen molar-refractivity contribution in [2.75, 3.05) is 32.7 Å². The fraction of sp³-hybridized carbons (Fsp3) is 0.833. The van der Waals surface area contributed by atoms with Gasteiger partial charge in [0.25, 0.3) is 0 Å². The minimum atomic E-state index is -0.0312. The van der Waals surface area contributed by atoms with Crippen molar-refractivity contribution in [2.45, 2.75) is 32.6 Å². The molecule has 0 saturated carbocycles. The molecule has 1 heterocycles. The molecule has 0 unspecified atom stereocenters. The van der Waals surface area contributed by atoms with Crippen molar-refractivity contribution in [3.05, 3.63) is 6.42 Å². The van der Waals surface area contributed by atoms with Gasteiger partial charge in [0.05, 0.1) is 0 Å². The van der Waals surface area contributed by atoms with E-state index in [1.807, 2.05) is 6.92 Å². The topological polar surface area (TPSA) is 44.4 Å². The number of nitrogens with zero attached hydrogens (tertiary/aromatic N) is 1. The smallest absolute Gasteiger partial charge is 0.314 e. The Morgan fingerprint density at radius 1 is 1.31 bits per heavy atom. The largest absolute Gasteiger partial charge is 0.338 e. The van der Waals surface area contributed by atoms with Gasteiger partial charge in [0.15, 0.2) is 0 Å². The molecule has 2 N–H and O–H groups in total. The highest BCUT2D eigenvalue weighted by atomic mass is 16.2. The summed E-state index contributed by atoms with van der Waals surface area (Å²) in [5.74, 6) is 0. The van der Waals surface area contributed by atoms with E-state index < -0.39 is 0 Å². The van der Waals surface area contributed by atoms with E-state index in [2.05, 4.69) is 22.0 Å². The molecule has 1 fully saturated rings. The van der Waals surface area contributed by atoms with Crippen LogP contribution in [0.3, 0.4) is 0 Å². The molecule has 1 rings (SSSR count). The third-order valence-electron chi connectivity index (χ3n) is 2.76. The Bertz CT molecular complexity index is 191. The van der Waals surface area contributed by atoms with Gasteiger partial charge in [0.1, 0.15) is 0 Å². The summed E-state index contributed by atoms with van der Waals surface area (Å²) >= 11 is 0. The maximum Gasteiger partial charge on any atom is 0.314 e. The maximum atomic E-state index is 11.2. The Balaban J connectivity index is 1.85. The van der Waals surface area contributed by atoms with E-state index in [1.165, 1.54) is 19.4 Å². The monoisotopic (exact) mass is 226 g/mol. The Kier molecular flexibility index (Phi) is 6.97. The Morgan fingerprint density at radius 2 is 2.12 bits per heavy atom. The SMILES string of the molecule is CCCNC(=O)NCCCCN1C[CH]CC1. The number of carbonyl (C=O) groups is 1. The summed E-state index contributed by atoms with van der Waals surface area (Å²) in [6.07, 6.45) is 6.78.